The number of nitrogens with one attached hydrogen (secondary N) is 1. The topological polar surface area (TPSA) is 63.3 Å². The number of methoxy groups -OCH3 is 1. The van der Waals surface area contributed by atoms with Crippen LogP contribution in [0.2, 0.25) is 0 Å². The molecule has 2 aliphatic rings. The minimum Gasteiger partial charge on any atom is -0.491 e. The SMILES string of the molecule is COCCOc1ccc(NC(=O)N2CCC(CN3CC(C)OC(C)C3)CC2)cc1. The second-order valence-electron chi connectivity index (χ2n) is 8.20. The van der Waals surface area contributed by atoms with Crippen molar-refractivity contribution in [2.45, 2.75) is 38.9 Å². The Hall–Kier alpha value is -1.83. The Kier molecular flexibility index (Phi) is 8.15. The summed E-state index contributed by atoms with van der Waals surface area (Å²) in [6, 6.07) is 7.44. The number of amides is 2. The van der Waals surface area contributed by atoms with Crippen LogP contribution >= 0.6 is 0 Å². The maximum Gasteiger partial charge on any atom is 0.321 e. The molecule has 1 aromatic carbocycles. The van der Waals surface area contributed by atoms with Gasteiger partial charge in [-0.25, -0.2) is 4.79 Å². The lowest BCUT2D eigenvalue weighted by atomic mass is 9.96. The summed E-state index contributed by atoms with van der Waals surface area (Å²) in [5, 5.41) is 2.99. The Bertz CT molecular complexity index is 621. The molecule has 0 saturated carbocycles. The van der Waals surface area contributed by atoms with E-state index in [0.717, 1.165) is 57.0 Å². The zero-order valence-electron chi connectivity index (χ0n) is 17.9. The van der Waals surface area contributed by atoms with Crippen LogP contribution < -0.4 is 10.1 Å². The molecule has 29 heavy (non-hydrogen) atoms. The van der Waals surface area contributed by atoms with Crippen LogP contribution in [0.5, 0.6) is 5.75 Å². The van der Waals surface area contributed by atoms with Crippen LogP contribution in [0.25, 0.3) is 0 Å². The first-order chi connectivity index (χ1) is 14.0. The van der Waals surface area contributed by atoms with E-state index in [0.29, 0.717) is 31.3 Å². The van der Waals surface area contributed by atoms with Gasteiger partial charge in [0.05, 0.1) is 18.8 Å². The van der Waals surface area contributed by atoms with Crippen LogP contribution in [0.15, 0.2) is 24.3 Å². The summed E-state index contributed by atoms with van der Waals surface area (Å²) in [4.78, 5) is 17.0. The largest absolute Gasteiger partial charge is 0.491 e. The van der Waals surface area contributed by atoms with Gasteiger partial charge >= 0.3 is 6.03 Å². The molecule has 3 rings (SSSR count). The van der Waals surface area contributed by atoms with E-state index in [1.807, 2.05) is 29.2 Å². The van der Waals surface area contributed by atoms with Crippen LogP contribution in [0.1, 0.15) is 26.7 Å². The standard InChI is InChI=1S/C22H35N3O4/c1-17-14-24(15-18(2)29-17)16-19-8-10-25(11-9-19)22(26)23-20-4-6-21(7-5-20)28-13-12-27-3/h4-7,17-19H,8-16H2,1-3H3,(H,23,26). The van der Waals surface area contributed by atoms with Gasteiger partial charge in [0.2, 0.25) is 0 Å². The second kappa shape index (κ2) is 10.8. The molecule has 0 aliphatic carbocycles. The summed E-state index contributed by atoms with van der Waals surface area (Å²) in [7, 11) is 1.65. The average molecular weight is 406 g/mol. The molecule has 2 aliphatic heterocycles. The minimum atomic E-state index is -0.0230. The Balaban J connectivity index is 1.39. The third-order valence-corrected chi connectivity index (χ3v) is 5.58. The molecule has 2 unspecified atom stereocenters. The fourth-order valence-electron chi connectivity index (χ4n) is 4.20. The summed E-state index contributed by atoms with van der Waals surface area (Å²) >= 11 is 0. The van der Waals surface area contributed by atoms with Crippen molar-refractivity contribution in [1.29, 1.82) is 0 Å². The molecule has 1 N–H and O–H groups in total. The average Bonchev–Trinajstić information content (AvgIpc) is 2.69. The van der Waals surface area contributed by atoms with E-state index >= 15 is 0 Å². The summed E-state index contributed by atoms with van der Waals surface area (Å²) in [6.45, 7) is 10.1. The van der Waals surface area contributed by atoms with Gasteiger partial charge in [-0.2, -0.15) is 0 Å². The molecule has 162 valence electrons. The van der Waals surface area contributed by atoms with E-state index in [1.54, 1.807) is 7.11 Å². The van der Waals surface area contributed by atoms with Crippen molar-refractivity contribution in [2.75, 3.05) is 58.4 Å². The number of carbonyl (C=O) groups is 1. The van der Waals surface area contributed by atoms with Crippen molar-refractivity contribution >= 4 is 11.7 Å². The molecule has 2 fully saturated rings. The van der Waals surface area contributed by atoms with E-state index < -0.39 is 0 Å². The van der Waals surface area contributed by atoms with Crippen molar-refractivity contribution in [3.8, 4) is 5.75 Å². The quantitative estimate of drug-likeness (QED) is 0.707. The highest BCUT2D eigenvalue weighted by Gasteiger charge is 2.28. The molecule has 2 saturated heterocycles. The maximum absolute atomic E-state index is 12.6. The number of piperidine rings is 1. The summed E-state index contributed by atoms with van der Waals surface area (Å²) in [5.41, 5.74) is 0.785. The number of nitrogens with zero attached hydrogens (tertiary/aromatic N) is 2. The molecule has 2 amide bonds. The summed E-state index contributed by atoms with van der Waals surface area (Å²) in [6.07, 6.45) is 2.72. The fraction of sp³-hybridized carbons (Fsp3) is 0.682. The first kappa shape index (κ1) is 21.9. The number of rotatable bonds is 7. The van der Waals surface area contributed by atoms with Crippen LogP contribution in [0.4, 0.5) is 10.5 Å². The predicted molar refractivity (Wildman–Crippen MR) is 114 cm³/mol. The Labute approximate surface area is 174 Å². The van der Waals surface area contributed by atoms with E-state index in [9.17, 15) is 4.79 Å². The predicted octanol–water partition coefficient (Wildman–Crippen LogP) is 3.06. The van der Waals surface area contributed by atoms with E-state index in [2.05, 4.69) is 24.1 Å². The molecule has 2 heterocycles. The summed E-state index contributed by atoms with van der Waals surface area (Å²) < 4.78 is 16.3. The fourth-order valence-corrected chi connectivity index (χ4v) is 4.20. The van der Waals surface area contributed by atoms with Crippen LogP contribution in [0, 0.1) is 5.92 Å². The lowest BCUT2D eigenvalue weighted by Gasteiger charge is -2.39. The third-order valence-electron chi connectivity index (χ3n) is 5.58. The zero-order valence-corrected chi connectivity index (χ0v) is 17.9. The van der Waals surface area contributed by atoms with Gasteiger partial charge in [0.15, 0.2) is 0 Å². The van der Waals surface area contributed by atoms with Gasteiger partial charge in [-0.15, -0.1) is 0 Å². The number of hydrogen-bond donors (Lipinski definition) is 1. The Morgan fingerprint density at radius 3 is 2.38 bits per heavy atom. The number of benzene rings is 1. The molecular formula is C22H35N3O4. The smallest absolute Gasteiger partial charge is 0.321 e. The molecule has 0 bridgehead atoms. The minimum absolute atomic E-state index is 0.0230. The molecule has 7 nitrogen and oxygen atoms in total. The highest BCUT2D eigenvalue weighted by molar-refractivity contribution is 5.89. The van der Waals surface area contributed by atoms with Gasteiger partial charge < -0.3 is 24.4 Å². The second-order valence-corrected chi connectivity index (χ2v) is 8.20. The summed E-state index contributed by atoms with van der Waals surface area (Å²) in [5.74, 6) is 1.42. The maximum atomic E-state index is 12.6. The highest BCUT2D eigenvalue weighted by atomic mass is 16.5. The van der Waals surface area contributed by atoms with Crippen molar-refractivity contribution < 1.29 is 19.0 Å². The highest BCUT2D eigenvalue weighted by Crippen LogP contribution is 2.22. The van der Waals surface area contributed by atoms with Gasteiger partial charge in [-0.3, -0.25) is 4.90 Å². The van der Waals surface area contributed by atoms with Gasteiger partial charge in [0.25, 0.3) is 0 Å². The van der Waals surface area contributed by atoms with Crippen molar-refractivity contribution in [2.24, 2.45) is 5.92 Å². The molecule has 0 aromatic heterocycles. The van der Waals surface area contributed by atoms with E-state index in [1.165, 1.54) is 0 Å². The lowest BCUT2D eigenvalue weighted by Crippen LogP contribution is -2.49. The van der Waals surface area contributed by atoms with E-state index in [-0.39, 0.29) is 6.03 Å². The van der Waals surface area contributed by atoms with E-state index in [4.69, 9.17) is 14.2 Å². The van der Waals surface area contributed by atoms with Crippen molar-refractivity contribution in [3.63, 3.8) is 0 Å². The molecular weight excluding hydrogens is 370 g/mol. The third kappa shape index (κ3) is 6.87. The van der Waals surface area contributed by atoms with Crippen LogP contribution in [-0.4, -0.2) is 81.1 Å². The molecule has 7 heteroatoms. The van der Waals surface area contributed by atoms with Crippen molar-refractivity contribution in [3.05, 3.63) is 24.3 Å². The zero-order chi connectivity index (χ0) is 20.6. The molecule has 1 aromatic rings. The Morgan fingerprint density at radius 2 is 1.76 bits per heavy atom. The number of carbonyl (C=O) groups excluding carboxylic acids is 1. The molecule has 0 radical (unpaired) electrons. The normalized spacial score (nSPS) is 23.8. The first-order valence-corrected chi connectivity index (χ1v) is 10.7. The first-order valence-electron chi connectivity index (χ1n) is 10.7. The van der Waals surface area contributed by atoms with Gasteiger partial charge in [-0.1, -0.05) is 0 Å². The number of morpholine rings is 1. The van der Waals surface area contributed by atoms with Crippen LogP contribution in [0.3, 0.4) is 0 Å². The van der Waals surface area contributed by atoms with Crippen LogP contribution in [-0.2, 0) is 9.47 Å². The number of hydrogen-bond acceptors (Lipinski definition) is 5. The van der Waals surface area contributed by atoms with Gasteiger partial charge in [0, 0.05) is 45.5 Å². The monoisotopic (exact) mass is 405 g/mol. The van der Waals surface area contributed by atoms with Gasteiger partial charge in [-0.05, 0) is 56.9 Å². The Morgan fingerprint density at radius 1 is 1.10 bits per heavy atom. The number of anilines is 1. The van der Waals surface area contributed by atoms with Crippen molar-refractivity contribution in [1.82, 2.24) is 9.80 Å². The lowest BCUT2D eigenvalue weighted by molar-refractivity contribution is -0.0728. The van der Waals surface area contributed by atoms with Gasteiger partial charge in [0.1, 0.15) is 12.4 Å². The number of urea groups is 1. The number of likely N-dealkylation sites (tertiary alicyclic amines) is 1. The number of ether oxygens (including phenoxy) is 3. The molecule has 0 spiro atoms. The molecule has 2 atom stereocenters.